The lowest BCUT2D eigenvalue weighted by Gasteiger charge is -2.30. The summed E-state index contributed by atoms with van der Waals surface area (Å²) in [5, 5.41) is 3.60. The van der Waals surface area contributed by atoms with E-state index in [0.717, 1.165) is 5.56 Å². The molecule has 8 heteroatoms. The number of anilines is 2. The maximum Gasteiger partial charge on any atom is 0.265 e. The van der Waals surface area contributed by atoms with Gasteiger partial charge in [0.25, 0.3) is 11.8 Å². The Kier molecular flexibility index (Phi) is 6.53. The summed E-state index contributed by atoms with van der Waals surface area (Å²) in [7, 11) is 0. The minimum Gasteiger partial charge on any atom is -0.481 e. The second kappa shape index (κ2) is 9.51. The third-order valence-corrected chi connectivity index (χ3v) is 5.45. The van der Waals surface area contributed by atoms with E-state index >= 15 is 0 Å². The number of rotatable bonds is 6. The Morgan fingerprint density at radius 2 is 1.91 bits per heavy atom. The quantitative estimate of drug-likeness (QED) is 0.528. The van der Waals surface area contributed by atoms with E-state index in [4.69, 9.17) is 32.7 Å². The Labute approximate surface area is 195 Å². The molecule has 3 aromatic carbocycles. The van der Waals surface area contributed by atoms with E-state index in [2.05, 4.69) is 5.32 Å². The largest absolute Gasteiger partial charge is 0.481 e. The van der Waals surface area contributed by atoms with Crippen LogP contribution in [0.25, 0.3) is 0 Å². The van der Waals surface area contributed by atoms with Crippen LogP contribution in [0, 0.1) is 0 Å². The van der Waals surface area contributed by atoms with Crippen LogP contribution >= 0.6 is 23.2 Å². The number of nitrogens with one attached hydrogen (secondary N) is 1. The second-order valence-electron chi connectivity index (χ2n) is 7.26. The molecule has 3 aromatic rings. The van der Waals surface area contributed by atoms with E-state index in [9.17, 15) is 9.59 Å². The van der Waals surface area contributed by atoms with Crippen molar-refractivity contribution >= 4 is 46.4 Å². The Bertz CT molecular complexity index is 1150. The summed E-state index contributed by atoms with van der Waals surface area (Å²) in [4.78, 5) is 26.7. The van der Waals surface area contributed by atoms with E-state index in [0.29, 0.717) is 39.5 Å². The molecular formula is C24H20Cl2N2O4. The normalized spacial score (nSPS) is 13.7. The molecule has 1 unspecified atom stereocenters. The number of carbonyl (C=O) groups excluding carboxylic acids is 2. The number of nitrogens with zero attached hydrogens (tertiary/aromatic N) is 1. The van der Waals surface area contributed by atoms with Crippen LogP contribution in [0.4, 0.5) is 11.4 Å². The van der Waals surface area contributed by atoms with E-state index in [1.807, 2.05) is 30.3 Å². The smallest absolute Gasteiger partial charge is 0.265 e. The van der Waals surface area contributed by atoms with Crippen molar-refractivity contribution in [2.24, 2.45) is 0 Å². The lowest BCUT2D eigenvalue weighted by molar-refractivity contribution is -0.122. The topological polar surface area (TPSA) is 67.9 Å². The third kappa shape index (κ3) is 4.98. The molecule has 0 saturated heterocycles. The predicted molar refractivity (Wildman–Crippen MR) is 125 cm³/mol. The number of amides is 2. The van der Waals surface area contributed by atoms with Gasteiger partial charge in [0, 0.05) is 16.8 Å². The zero-order valence-corrected chi connectivity index (χ0v) is 18.7. The minimum atomic E-state index is -0.804. The van der Waals surface area contributed by atoms with Gasteiger partial charge in [-0.1, -0.05) is 53.5 Å². The zero-order valence-electron chi connectivity index (χ0n) is 17.2. The lowest BCUT2D eigenvalue weighted by Crippen LogP contribution is -2.38. The fourth-order valence-electron chi connectivity index (χ4n) is 3.28. The van der Waals surface area contributed by atoms with E-state index in [1.54, 1.807) is 48.2 Å². The molecule has 2 amide bonds. The van der Waals surface area contributed by atoms with E-state index < -0.39 is 6.10 Å². The Morgan fingerprint density at radius 1 is 1.12 bits per heavy atom. The molecule has 1 N–H and O–H groups in total. The van der Waals surface area contributed by atoms with Crippen molar-refractivity contribution in [3.05, 3.63) is 82.3 Å². The van der Waals surface area contributed by atoms with Crippen molar-refractivity contribution in [1.29, 1.82) is 0 Å². The molecule has 1 aliphatic heterocycles. The van der Waals surface area contributed by atoms with E-state index in [1.165, 1.54) is 0 Å². The average Bonchev–Trinajstić information content (AvgIpc) is 2.78. The first-order valence-corrected chi connectivity index (χ1v) is 10.7. The molecule has 164 valence electrons. The van der Waals surface area contributed by atoms with Crippen molar-refractivity contribution < 1.29 is 19.1 Å². The van der Waals surface area contributed by atoms with Gasteiger partial charge in [-0.25, -0.2) is 0 Å². The van der Waals surface area contributed by atoms with Gasteiger partial charge in [0.1, 0.15) is 11.5 Å². The van der Waals surface area contributed by atoms with Crippen LogP contribution in [0.3, 0.4) is 0 Å². The second-order valence-corrected chi connectivity index (χ2v) is 8.10. The molecule has 32 heavy (non-hydrogen) atoms. The molecule has 1 aliphatic rings. The number of hydrogen-bond donors (Lipinski definition) is 1. The average molecular weight is 471 g/mol. The third-order valence-electron chi connectivity index (χ3n) is 4.92. The molecule has 0 bridgehead atoms. The lowest BCUT2D eigenvalue weighted by atomic mass is 10.1. The molecule has 0 radical (unpaired) electrons. The molecule has 0 aromatic heterocycles. The van der Waals surface area contributed by atoms with E-state index in [-0.39, 0.29) is 18.4 Å². The number of halogens is 2. The van der Waals surface area contributed by atoms with Gasteiger partial charge < -0.3 is 19.7 Å². The molecule has 0 aliphatic carbocycles. The Balaban J connectivity index is 1.46. The Hall–Kier alpha value is -3.22. The zero-order chi connectivity index (χ0) is 22.7. The van der Waals surface area contributed by atoms with Crippen LogP contribution in [0.15, 0.2) is 66.7 Å². The molecule has 4 rings (SSSR count). The highest BCUT2D eigenvalue weighted by molar-refractivity contribution is 6.35. The summed E-state index contributed by atoms with van der Waals surface area (Å²) < 4.78 is 11.3. The molecule has 0 saturated carbocycles. The summed E-state index contributed by atoms with van der Waals surface area (Å²) in [5.41, 5.74) is 2.19. The van der Waals surface area contributed by atoms with Crippen molar-refractivity contribution in [2.45, 2.75) is 19.6 Å². The van der Waals surface area contributed by atoms with Gasteiger partial charge >= 0.3 is 0 Å². The van der Waals surface area contributed by atoms with Gasteiger partial charge in [-0.2, -0.15) is 0 Å². The highest BCUT2D eigenvalue weighted by Gasteiger charge is 2.26. The first kappa shape index (κ1) is 22.0. The number of carbonyl (C=O) groups is 2. The Morgan fingerprint density at radius 3 is 2.66 bits per heavy atom. The number of benzene rings is 3. The van der Waals surface area contributed by atoms with Crippen LogP contribution < -0.4 is 19.7 Å². The summed E-state index contributed by atoms with van der Waals surface area (Å²) in [5.74, 6) is 0.402. The number of hydrogen-bond acceptors (Lipinski definition) is 4. The maximum absolute atomic E-state index is 12.6. The monoisotopic (exact) mass is 470 g/mol. The molecule has 0 fully saturated rings. The van der Waals surface area contributed by atoms with Crippen LogP contribution in [0.2, 0.25) is 10.0 Å². The fourth-order valence-corrected chi connectivity index (χ4v) is 3.73. The SMILES string of the molecule is CC(Oc1ccc(Cl)cc1Cl)C(=O)Nc1ccc2c(c1)OCC(=O)N2Cc1ccccc1. The summed E-state index contributed by atoms with van der Waals surface area (Å²) >= 11 is 12.0. The highest BCUT2D eigenvalue weighted by atomic mass is 35.5. The van der Waals surface area contributed by atoms with Crippen molar-refractivity contribution in [1.82, 2.24) is 0 Å². The van der Waals surface area contributed by atoms with Gasteiger partial charge in [0.05, 0.1) is 17.3 Å². The van der Waals surface area contributed by atoms with Crippen LogP contribution in [-0.4, -0.2) is 24.5 Å². The van der Waals surface area contributed by atoms with Crippen LogP contribution in [0.5, 0.6) is 11.5 Å². The molecule has 1 atom stereocenters. The van der Waals surface area contributed by atoms with Gasteiger partial charge in [0.2, 0.25) is 0 Å². The summed E-state index contributed by atoms with van der Waals surface area (Å²) in [6.45, 7) is 2.00. The molecular weight excluding hydrogens is 451 g/mol. The molecule has 0 spiro atoms. The number of fused-ring (bicyclic) bond motifs is 1. The highest BCUT2D eigenvalue weighted by Crippen LogP contribution is 2.35. The maximum atomic E-state index is 12.6. The van der Waals surface area contributed by atoms with Gasteiger partial charge in [-0.15, -0.1) is 0 Å². The predicted octanol–water partition coefficient (Wildman–Crippen LogP) is 5.33. The van der Waals surface area contributed by atoms with Crippen molar-refractivity contribution in [2.75, 3.05) is 16.8 Å². The van der Waals surface area contributed by atoms with Crippen molar-refractivity contribution in [3.8, 4) is 11.5 Å². The van der Waals surface area contributed by atoms with Gasteiger partial charge in [-0.05, 0) is 42.8 Å². The first-order chi connectivity index (χ1) is 15.4. The molecule has 1 heterocycles. The fraction of sp³-hybridized carbons (Fsp3) is 0.167. The summed E-state index contributed by atoms with van der Waals surface area (Å²) in [6, 6.07) is 19.7. The van der Waals surface area contributed by atoms with Gasteiger partial charge in [-0.3, -0.25) is 9.59 Å². The van der Waals surface area contributed by atoms with Gasteiger partial charge in [0.15, 0.2) is 12.7 Å². The molecule has 6 nitrogen and oxygen atoms in total. The van der Waals surface area contributed by atoms with Crippen molar-refractivity contribution in [3.63, 3.8) is 0 Å². The standard InChI is InChI=1S/C24H20Cl2N2O4/c1-15(32-21-10-7-17(25)11-19(21)26)24(30)27-18-8-9-20-22(12-18)31-14-23(29)28(20)13-16-5-3-2-4-6-16/h2-12,15H,13-14H2,1H3,(H,27,30). The minimum absolute atomic E-state index is 0.0637. The number of ether oxygens (including phenoxy) is 2. The van der Waals surface area contributed by atoms with Crippen LogP contribution in [-0.2, 0) is 16.1 Å². The summed E-state index contributed by atoms with van der Waals surface area (Å²) in [6.07, 6.45) is -0.804. The van der Waals surface area contributed by atoms with Crippen LogP contribution in [0.1, 0.15) is 12.5 Å². The first-order valence-electron chi connectivity index (χ1n) is 9.94.